The van der Waals surface area contributed by atoms with E-state index in [2.05, 4.69) is 11.1 Å². The lowest BCUT2D eigenvalue weighted by molar-refractivity contribution is 0.710. The Morgan fingerprint density at radius 1 is 1.04 bits per heavy atom. The molecule has 0 fully saturated rings. The molecular formula is C20H18ClN3O2S. The molecule has 0 aliphatic heterocycles. The molecule has 27 heavy (non-hydrogen) atoms. The van der Waals surface area contributed by atoms with E-state index in [1.165, 1.54) is 16.5 Å². The summed E-state index contributed by atoms with van der Waals surface area (Å²) in [5.74, 6) is 0. The number of rotatable bonds is 2. The molecule has 0 aliphatic carbocycles. The van der Waals surface area contributed by atoms with Gasteiger partial charge in [0, 0.05) is 34.4 Å². The van der Waals surface area contributed by atoms with E-state index in [1.807, 2.05) is 38.1 Å². The largest absolute Gasteiger partial charge is 0.340 e. The van der Waals surface area contributed by atoms with Crippen LogP contribution < -0.4 is 11.2 Å². The molecule has 0 atom stereocenters. The van der Waals surface area contributed by atoms with Crippen LogP contribution in [0.3, 0.4) is 0 Å². The number of fused-ring (bicyclic) bond motifs is 1. The van der Waals surface area contributed by atoms with E-state index in [1.54, 1.807) is 18.4 Å². The van der Waals surface area contributed by atoms with Crippen LogP contribution in [0.5, 0.6) is 0 Å². The summed E-state index contributed by atoms with van der Waals surface area (Å²) in [6.45, 7) is 4.09. The number of nitrogens with zero attached hydrogens (tertiary/aromatic N) is 2. The number of nitrogens with one attached hydrogen (secondary N) is 1. The molecule has 0 saturated heterocycles. The van der Waals surface area contributed by atoms with Gasteiger partial charge in [0.15, 0.2) is 0 Å². The van der Waals surface area contributed by atoms with Gasteiger partial charge >= 0.3 is 5.69 Å². The van der Waals surface area contributed by atoms with Crippen molar-refractivity contribution in [2.75, 3.05) is 0 Å². The SMILES string of the molecule is Cc1cc(-c2c(-c3ccc(Cl)cc3)[nH]c3c2c(=O)n(C)c(=O)n3C)c(C)s1. The number of aromatic nitrogens is 3. The van der Waals surface area contributed by atoms with Gasteiger partial charge in [0.05, 0.1) is 11.1 Å². The van der Waals surface area contributed by atoms with Gasteiger partial charge < -0.3 is 4.98 Å². The summed E-state index contributed by atoms with van der Waals surface area (Å²) in [6.07, 6.45) is 0. The highest BCUT2D eigenvalue weighted by atomic mass is 35.5. The predicted octanol–water partition coefficient (Wildman–Crippen LogP) is 4.23. The number of aromatic amines is 1. The molecule has 4 aromatic rings. The van der Waals surface area contributed by atoms with Crippen LogP contribution in [-0.4, -0.2) is 14.1 Å². The second kappa shape index (κ2) is 6.25. The van der Waals surface area contributed by atoms with E-state index < -0.39 is 0 Å². The van der Waals surface area contributed by atoms with Crippen molar-refractivity contribution in [2.45, 2.75) is 13.8 Å². The average Bonchev–Trinajstić information content (AvgIpc) is 3.18. The Labute approximate surface area is 164 Å². The Hall–Kier alpha value is -2.57. The van der Waals surface area contributed by atoms with Crippen molar-refractivity contribution >= 4 is 34.0 Å². The number of H-pyrrole nitrogens is 1. The van der Waals surface area contributed by atoms with E-state index in [0.29, 0.717) is 16.1 Å². The van der Waals surface area contributed by atoms with Crippen molar-refractivity contribution in [1.29, 1.82) is 0 Å². The number of aryl methyl sites for hydroxylation is 3. The minimum atomic E-state index is -0.360. The fourth-order valence-corrected chi connectivity index (χ4v) is 4.56. The molecule has 1 N–H and O–H groups in total. The van der Waals surface area contributed by atoms with Gasteiger partial charge in [-0.15, -0.1) is 11.3 Å². The lowest BCUT2D eigenvalue weighted by Crippen LogP contribution is -2.36. The summed E-state index contributed by atoms with van der Waals surface area (Å²) < 4.78 is 2.63. The number of hydrogen-bond donors (Lipinski definition) is 1. The maximum Gasteiger partial charge on any atom is 0.332 e. The van der Waals surface area contributed by atoms with E-state index in [-0.39, 0.29) is 11.2 Å². The molecule has 5 nitrogen and oxygen atoms in total. The van der Waals surface area contributed by atoms with Gasteiger partial charge in [-0.2, -0.15) is 0 Å². The van der Waals surface area contributed by atoms with Gasteiger partial charge in [0.1, 0.15) is 5.65 Å². The smallest absolute Gasteiger partial charge is 0.332 e. The predicted molar refractivity (Wildman–Crippen MR) is 112 cm³/mol. The van der Waals surface area contributed by atoms with Crippen molar-refractivity contribution in [2.24, 2.45) is 14.1 Å². The zero-order chi connectivity index (χ0) is 19.5. The van der Waals surface area contributed by atoms with Gasteiger partial charge in [-0.1, -0.05) is 23.7 Å². The molecule has 0 amide bonds. The van der Waals surface area contributed by atoms with Crippen molar-refractivity contribution in [3.05, 3.63) is 65.9 Å². The van der Waals surface area contributed by atoms with E-state index in [9.17, 15) is 9.59 Å². The second-order valence-electron chi connectivity index (χ2n) is 6.64. The Morgan fingerprint density at radius 2 is 1.70 bits per heavy atom. The van der Waals surface area contributed by atoms with Gasteiger partial charge in [0.2, 0.25) is 0 Å². The Kier molecular flexibility index (Phi) is 4.13. The Balaban J connectivity index is 2.22. The molecule has 0 unspecified atom stereocenters. The first kappa shape index (κ1) is 17.8. The summed E-state index contributed by atoms with van der Waals surface area (Å²) in [5.41, 5.74) is 3.40. The van der Waals surface area contributed by atoms with E-state index in [0.717, 1.165) is 31.8 Å². The quantitative estimate of drug-likeness (QED) is 0.548. The van der Waals surface area contributed by atoms with Crippen LogP contribution in [0.1, 0.15) is 9.75 Å². The molecule has 1 aromatic carbocycles. The maximum atomic E-state index is 13.0. The molecule has 0 radical (unpaired) electrons. The third kappa shape index (κ3) is 2.67. The third-order valence-electron chi connectivity index (χ3n) is 4.85. The zero-order valence-corrected chi connectivity index (χ0v) is 17.0. The summed E-state index contributed by atoms with van der Waals surface area (Å²) >= 11 is 7.74. The number of halogens is 1. The molecular weight excluding hydrogens is 382 g/mol. The highest BCUT2D eigenvalue weighted by Crippen LogP contribution is 2.40. The Morgan fingerprint density at radius 3 is 2.30 bits per heavy atom. The van der Waals surface area contributed by atoms with Gasteiger partial charge in [0.25, 0.3) is 5.56 Å². The minimum Gasteiger partial charge on any atom is -0.340 e. The van der Waals surface area contributed by atoms with Crippen LogP contribution in [0.15, 0.2) is 39.9 Å². The fourth-order valence-electron chi connectivity index (χ4n) is 3.50. The molecule has 0 aliphatic rings. The molecule has 0 bridgehead atoms. The van der Waals surface area contributed by atoms with E-state index >= 15 is 0 Å². The fraction of sp³-hybridized carbons (Fsp3) is 0.200. The molecule has 0 saturated carbocycles. The van der Waals surface area contributed by atoms with Crippen LogP contribution in [-0.2, 0) is 14.1 Å². The average molecular weight is 400 g/mol. The van der Waals surface area contributed by atoms with Gasteiger partial charge in [-0.05, 0) is 43.2 Å². The molecule has 4 rings (SSSR count). The van der Waals surface area contributed by atoms with Crippen LogP contribution >= 0.6 is 22.9 Å². The minimum absolute atomic E-state index is 0.303. The highest BCUT2D eigenvalue weighted by Gasteiger charge is 2.23. The first-order valence-corrected chi connectivity index (χ1v) is 9.64. The molecule has 0 spiro atoms. The van der Waals surface area contributed by atoms with Crippen LogP contribution in [0.2, 0.25) is 5.02 Å². The maximum absolute atomic E-state index is 13.0. The third-order valence-corrected chi connectivity index (χ3v) is 6.07. The summed E-state index contributed by atoms with van der Waals surface area (Å²) in [7, 11) is 3.18. The van der Waals surface area contributed by atoms with Crippen LogP contribution in [0, 0.1) is 13.8 Å². The monoisotopic (exact) mass is 399 g/mol. The number of benzene rings is 1. The van der Waals surface area contributed by atoms with Crippen molar-refractivity contribution < 1.29 is 0 Å². The number of hydrogen-bond acceptors (Lipinski definition) is 3. The summed E-state index contributed by atoms with van der Waals surface area (Å²) in [5, 5.41) is 1.16. The molecule has 7 heteroatoms. The molecule has 3 heterocycles. The standard InChI is InChI=1S/C20H18ClN3O2S/c1-10-9-14(11(2)27-10)15-16-18(23(3)20(26)24(4)19(16)25)22-17(15)12-5-7-13(21)8-6-12/h5-9,22H,1-4H3. The summed E-state index contributed by atoms with van der Waals surface area (Å²) in [6, 6.07) is 9.54. The molecule has 138 valence electrons. The highest BCUT2D eigenvalue weighted by molar-refractivity contribution is 7.12. The van der Waals surface area contributed by atoms with Gasteiger partial charge in [-0.25, -0.2) is 4.79 Å². The first-order chi connectivity index (χ1) is 12.8. The van der Waals surface area contributed by atoms with Crippen molar-refractivity contribution in [3.63, 3.8) is 0 Å². The van der Waals surface area contributed by atoms with Crippen LogP contribution in [0.25, 0.3) is 33.4 Å². The van der Waals surface area contributed by atoms with Crippen molar-refractivity contribution in [3.8, 4) is 22.4 Å². The second-order valence-corrected chi connectivity index (χ2v) is 8.54. The van der Waals surface area contributed by atoms with E-state index in [4.69, 9.17) is 11.6 Å². The zero-order valence-electron chi connectivity index (χ0n) is 15.4. The lowest BCUT2D eigenvalue weighted by atomic mass is 9.99. The molecule has 3 aromatic heterocycles. The summed E-state index contributed by atoms with van der Waals surface area (Å²) in [4.78, 5) is 31.0. The van der Waals surface area contributed by atoms with Gasteiger partial charge in [-0.3, -0.25) is 13.9 Å². The topological polar surface area (TPSA) is 59.8 Å². The number of thiophene rings is 1. The Bertz CT molecular complexity index is 1310. The van der Waals surface area contributed by atoms with Crippen LogP contribution in [0.4, 0.5) is 0 Å². The first-order valence-electron chi connectivity index (χ1n) is 8.44. The lowest BCUT2D eigenvalue weighted by Gasteiger charge is -2.06. The van der Waals surface area contributed by atoms with Crippen molar-refractivity contribution in [1.82, 2.24) is 14.1 Å². The normalized spacial score (nSPS) is 11.4.